The number of rotatable bonds is 5. The van der Waals surface area contributed by atoms with Gasteiger partial charge in [-0.15, -0.1) is 0 Å². The lowest BCUT2D eigenvalue weighted by atomic mass is 10.1. The van der Waals surface area contributed by atoms with Crippen LogP contribution in [0.15, 0.2) is 0 Å². The molecular formula is C14H27N3O3. The molecule has 2 rings (SSSR count). The van der Waals surface area contributed by atoms with E-state index >= 15 is 0 Å². The Labute approximate surface area is 121 Å². The van der Waals surface area contributed by atoms with Gasteiger partial charge in [0.2, 0.25) is 5.91 Å². The fourth-order valence-corrected chi connectivity index (χ4v) is 2.83. The smallest absolute Gasteiger partial charge is 0.248 e. The second kappa shape index (κ2) is 8.56. The quantitative estimate of drug-likeness (QED) is 0.698. The number of aliphatic hydroxyl groups is 1. The average molecular weight is 285 g/mol. The van der Waals surface area contributed by atoms with Gasteiger partial charge in [0.25, 0.3) is 0 Å². The number of hydrogen-bond acceptors (Lipinski definition) is 5. The highest BCUT2D eigenvalue weighted by Crippen LogP contribution is 2.08. The molecule has 0 saturated carbocycles. The van der Waals surface area contributed by atoms with E-state index in [9.17, 15) is 4.79 Å². The van der Waals surface area contributed by atoms with E-state index in [0.717, 1.165) is 58.5 Å². The second-order valence-electron chi connectivity index (χ2n) is 5.56. The molecule has 6 heteroatoms. The third-order valence-corrected chi connectivity index (χ3v) is 4.09. The molecule has 0 aromatic rings. The summed E-state index contributed by atoms with van der Waals surface area (Å²) in [7, 11) is 0. The summed E-state index contributed by atoms with van der Waals surface area (Å²) in [5.74, 6) is 0.106. The summed E-state index contributed by atoms with van der Waals surface area (Å²) in [5, 5.41) is 12.3. The van der Waals surface area contributed by atoms with Crippen molar-refractivity contribution in [3.05, 3.63) is 0 Å². The second-order valence-corrected chi connectivity index (χ2v) is 5.56. The highest BCUT2D eigenvalue weighted by molar-refractivity contribution is 5.77. The van der Waals surface area contributed by atoms with E-state index < -0.39 is 0 Å². The molecule has 0 bridgehead atoms. The number of piperidine rings is 1. The normalized spacial score (nSPS) is 22.8. The van der Waals surface area contributed by atoms with Crippen LogP contribution in [0.25, 0.3) is 0 Å². The molecule has 20 heavy (non-hydrogen) atoms. The van der Waals surface area contributed by atoms with Crippen molar-refractivity contribution in [1.82, 2.24) is 15.1 Å². The van der Waals surface area contributed by atoms with Gasteiger partial charge in [0.15, 0.2) is 0 Å². The zero-order valence-corrected chi connectivity index (χ0v) is 12.2. The summed E-state index contributed by atoms with van der Waals surface area (Å²) >= 11 is 0. The molecule has 2 aliphatic heterocycles. The zero-order valence-electron chi connectivity index (χ0n) is 12.2. The van der Waals surface area contributed by atoms with Gasteiger partial charge in [-0.3, -0.25) is 9.69 Å². The van der Waals surface area contributed by atoms with Crippen molar-refractivity contribution in [3.63, 3.8) is 0 Å². The predicted octanol–water partition coefficient (Wildman–Crippen LogP) is -0.718. The number of amides is 1. The number of carbonyl (C=O) groups is 1. The molecule has 6 nitrogen and oxygen atoms in total. The lowest BCUT2D eigenvalue weighted by Gasteiger charge is -2.25. The summed E-state index contributed by atoms with van der Waals surface area (Å²) in [5.41, 5.74) is 0. The van der Waals surface area contributed by atoms with Crippen LogP contribution in [0.3, 0.4) is 0 Å². The Balaban J connectivity index is 1.69. The minimum Gasteiger partial charge on any atom is -0.395 e. The topological polar surface area (TPSA) is 65.0 Å². The van der Waals surface area contributed by atoms with Gasteiger partial charge in [0.05, 0.1) is 12.7 Å². The zero-order chi connectivity index (χ0) is 14.2. The van der Waals surface area contributed by atoms with Crippen molar-refractivity contribution in [2.24, 2.45) is 0 Å². The molecule has 1 amide bonds. The maximum atomic E-state index is 12.2. The first-order chi connectivity index (χ1) is 9.79. The van der Waals surface area contributed by atoms with Gasteiger partial charge in [-0.2, -0.15) is 0 Å². The maximum absolute atomic E-state index is 12.2. The van der Waals surface area contributed by atoms with Gasteiger partial charge in [-0.25, -0.2) is 0 Å². The lowest BCUT2D eigenvalue weighted by molar-refractivity contribution is -0.138. The van der Waals surface area contributed by atoms with Gasteiger partial charge in [-0.1, -0.05) is 0 Å². The molecular weight excluding hydrogens is 258 g/mol. The molecule has 0 atom stereocenters. The Morgan fingerprint density at radius 2 is 2.00 bits per heavy atom. The van der Waals surface area contributed by atoms with Crippen LogP contribution in [-0.2, 0) is 9.53 Å². The van der Waals surface area contributed by atoms with Crippen molar-refractivity contribution in [2.45, 2.75) is 25.4 Å². The first-order valence-electron chi connectivity index (χ1n) is 7.73. The molecule has 0 aliphatic carbocycles. The number of carbonyl (C=O) groups excluding carboxylic acids is 1. The van der Waals surface area contributed by atoms with Crippen LogP contribution < -0.4 is 5.32 Å². The van der Waals surface area contributed by atoms with Gasteiger partial charge < -0.3 is 20.1 Å². The van der Waals surface area contributed by atoms with Gasteiger partial charge in [0.1, 0.15) is 6.61 Å². The molecule has 2 fully saturated rings. The number of β-amino-alcohol motifs (C(OH)–C–C–N with tert-alkyl or cyclic N) is 1. The largest absolute Gasteiger partial charge is 0.395 e. The lowest BCUT2D eigenvalue weighted by Crippen LogP contribution is -2.40. The Hall–Kier alpha value is -0.690. The Bertz CT molecular complexity index is 295. The minimum absolute atomic E-state index is 0.106. The summed E-state index contributed by atoms with van der Waals surface area (Å²) in [6.07, 6.45) is 3.20. The van der Waals surface area contributed by atoms with Crippen LogP contribution in [-0.4, -0.2) is 85.9 Å². The van der Waals surface area contributed by atoms with E-state index in [1.54, 1.807) is 0 Å². The Morgan fingerprint density at radius 3 is 2.75 bits per heavy atom. The van der Waals surface area contributed by atoms with Crippen molar-refractivity contribution < 1.29 is 14.6 Å². The third kappa shape index (κ3) is 5.01. The van der Waals surface area contributed by atoms with Gasteiger partial charge in [0, 0.05) is 26.2 Å². The molecule has 0 unspecified atom stereocenters. The summed E-state index contributed by atoms with van der Waals surface area (Å²) in [6.45, 7) is 6.42. The molecule has 0 radical (unpaired) electrons. The van der Waals surface area contributed by atoms with Crippen LogP contribution in [0.2, 0.25) is 0 Å². The molecule has 0 aromatic carbocycles. The number of nitrogens with one attached hydrogen (secondary N) is 1. The van der Waals surface area contributed by atoms with Crippen LogP contribution in [0.1, 0.15) is 19.3 Å². The number of nitrogens with zero attached hydrogens (tertiary/aromatic N) is 2. The van der Waals surface area contributed by atoms with Crippen LogP contribution in [0.4, 0.5) is 0 Å². The Morgan fingerprint density at radius 1 is 1.20 bits per heavy atom. The van der Waals surface area contributed by atoms with Crippen LogP contribution >= 0.6 is 0 Å². The monoisotopic (exact) mass is 285 g/mol. The fraction of sp³-hybridized carbons (Fsp3) is 0.929. The first kappa shape index (κ1) is 15.7. The van der Waals surface area contributed by atoms with E-state index in [4.69, 9.17) is 9.84 Å². The first-order valence-corrected chi connectivity index (χ1v) is 7.73. The highest BCUT2D eigenvalue weighted by Gasteiger charge is 2.21. The van der Waals surface area contributed by atoms with Crippen molar-refractivity contribution in [3.8, 4) is 0 Å². The summed E-state index contributed by atoms with van der Waals surface area (Å²) in [6, 6.07) is 0. The number of hydrogen-bond donors (Lipinski definition) is 2. The van der Waals surface area contributed by atoms with E-state index in [2.05, 4.69) is 10.2 Å². The predicted molar refractivity (Wildman–Crippen MR) is 76.6 cm³/mol. The average Bonchev–Trinajstić information content (AvgIpc) is 2.72. The van der Waals surface area contributed by atoms with E-state index in [1.165, 1.54) is 0 Å². The van der Waals surface area contributed by atoms with Gasteiger partial charge in [-0.05, 0) is 38.9 Å². The Kier molecular flexibility index (Phi) is 6.72. The molecule has 2 heterocycles. The van der Waals surface area contributed by atoms with Crippen LogP contribution in [0.5, 0.6) is 0 Å². The SMILES string of the molecule is O=C(COC1CCNCC1)N1CCCN(CCO)CC1. The molecule has 2 saturated heterocycles. The van der Waals surface area contributed by atoms with Crippen LogP contribution in [0, 0.1) is 0 Å². The molecule has 2 aliphatic rings. The molecule has 2 N–H and O–H groups in total. The van der Waals surface area contributed by atoms with Crippen molar-refractivity contribution in [1.29, 1.82) is 0 Å². The number of aliphatic hydroxyl groups excluding tert-OH is 1. The molecule has 0 spiro atoms. The molecule has 0 aromatic heterocycles. The van der Waals surface area contributed by atoms with E-state index in [1.807, 2.05) is 4.90 Å². The molecule has 116 valence electrons. The standard InChI is InChI=1S/C14H27N3O3/c18-11-10-16-6-1-7-17(9-8-16)14(19)12-20-13-2-4-15-5-3-13/h13,15,18H,1-12H2. The summed E-state index contributed by atoms with van der Waals surface area (Å²) in [4.78, 5) is 16.3. The van der Waals surface area contributed by atoms with E-state index in [-0.39, 0.29) is 25.2 Å². The van der Waals surface area contributed by atoms with Crippen molar-refractivity contribution >= 4 is 5.91 Å². The van der Waals surface area contributed by atoms with Crippen molar-refractivity contribution in [2.75, 3.05) is 59.0 Å². The van der Waals surface area contributed by atoms with E-state index in [0.29, 0.717) is 6.54 Å². The third-order valence-electron chi connectivity index (χ3n) is 4.09. The maximum Gasteiger partial charge on any atom is 0.248 e. The minimum atomic E-state index is 0.106. The fourth-order valence-electron chi connectivity index (χ4n) is 2.83. The number of ether oxygens (including phenoxy) is 1. The summed E-state index contributed by atoms with van der Waals surface area (Å²) < 4.78 is 5.73. The highest BCUT2D eigenvalue weighted by atomic mass is 16.5. The van der Waals surface area contributed by atoms with Gasteiger partial charge >= 0.3 is 0 Å².